The molecule has 0 aromatic rings. The Bertz CT molecular complexity index is 355. The number of β-lactam (4-membered cyclic amide) rings is 1. The van der Waals surface area contributed by atoms with Crippen LogP contribution in [-0.2, 0) is 14.4 Å². The average molecular weight is 230 g/mol. The van der Waals surface area contributed by atoms with E-state index >= 15 is 0 Å². The van der Waals surface area contributed by atoms with Gasteiger partial charge in [0.25, 0.3) is 0 Å². The van der Waals surface area contributed by atoms with Crippen LogP contribution in [0.2, 0.25) is 0 Å². The lowest BCUT2D eigenvalue weighted by Gasteiger charge is -2.43. The summed E-state index contributed by atoms with van der Waals surface area (Å²) in [6.45, 7) is 0.0468. The topological polar surface area (TPSA) is 92.9 Å². The molecule has 6 nitrogen and oxygen atoms in total. The van der Waals surface area contributed by atoms with Gasteiger partial charge in [0.1, 0.15) is 5.70 Å². The number of amides is 1. The number of hydrogen-bond acceptors (Lipinski definition) is 5. The Hall–Kier alpha value is -1.05. The molecule has 1 saturated heterocycles. The smallest absolute Gasteiger partial charge is 0.352 e. The Balaban J connectivity index is 2.32. The number of carbonyl (C=O) groups is 2. The van der Waals surface area contributed by atoms with Gasteiger partial charge in [0.05, 0.1) is 18.4 Å². The molecule has 0 bridgehead atoms. The second-order valence-corrected chi connectivity index (χ2v) is 4.47. The zero-order valence-electron chi connectivity index (χ0n) is 7.80. The first-order valence-corrected chi connectivity index (χ1v) is 5.40. The lowest BCUT2D eigenvalue weighted by molar-refractivity contribution is -0.146. The fourth-order valence-corrected chi connectivity index (χ4v) is 2.94. The molecule has 0 saturated carbocycles. The van der Waals surface area contributed by atoms with Gasteiger partial charge in [0, 0.05) is 5.75 Å². The monoisotopic (exact) mass is 230 g/mol. The van der Waals surface area contributed by atoms with Gasteiger partial charge in [0.2, 0.25) is 5.91 Å². The Morgan fingerprint density at radius 3 is 3.00 bits per heavy atom. The Labute approximate surface area is 90.0 Å². The Morgan fingerprint density at radius 2 is 2.47 bits per heavy atom. The number of hydrogen-bond donors (Lipinski definition) is 2. The first-order valence-electron chi connectivity index (χ1n) is 4.35. The predicted octanol–water partition coefficient (Wildman–Crippen LogP) is -0.479. The number of rotatable bonds is 3. The SMILES string of the molecule is NOCC1=C(C(=O)O)N2C(=O)CC2SC1. The van der Waals surface area contributed by atoms with Crippen molar-refractivity contribution in [3.05, 3.63) is 11.3 Å². The summed E-state index contributed by atoms with van der Waals surface area (Å²) >= 11 is 1.53. The second kappa shape index (κ2) is 3.84. The molecule has 0 spiro atoms. The highest BCUT2D eigenvalue weighted by molar-refractivity contribution is 8.00. The van der Waals surface area contributed by atoms with Gasteiger partial charge in [-0.2, -0.15) is 0 Å². The molecule has 1 amide bonds. The maximum atomic E-state index is 11.3. The molecule has 7 heteroatoms. The van der Waals surface area contributed by atoms with Crippen molar-refractivity contribution in [1.29, 1.82) is 0 Å². The van der Waals surface area contributed by atoms with Crippen molar-refractivity contribution in [2.24, 2.45) is 5.90 Å². The number of nitrogens with zero attached hydrogens (tertiary/aromatic N) is 1. The summed E-state index contributed by atoms with van der Waals surface area (Å²) in [6.07, 6.45) is 0.415. The van der Waals surface area contributed by atoms with Gasteiger partial charge in [-0.15, -0.1) is 11.8 Å². The van der Waals surface area contributed by atoms with E-state index in [9.17, 15) is 9.59 Å². The standard InChI is InChI=1S/C8H10N2O4S/c9-14-2-4-3-15-6-1-5(11)10(6)7(4)8(12)13/h6H,1-3,9H2,(H,12,13). The number of carbonyl (C=O) groups excluding carboxylic acids is 1. The van der Waals surface area contributed by atoms with Gasteiger partial charge in [-0.3, -0.25) is 9.69 Å². The van der Waals surface area contributed by atoms with E-state index in [-0.39, 0.29) is 23.6 Å². The fraction of sp³-hybridized carbons (Fsp3) is 0.500. The van der Waals surface area contributed by atoms with Crippen LogP contribution >= 0.6 is 11.8 Å². The van der Waals surface area contributed by atoms with Crippen LogP contribution in [0.5, 0.6) is 0 Å². The zero-order valence-corrected chi connectivity index (χ0v) is 8.62. The van der Waals surface area contributed by atoms with Crippen LogP contribution in [0.3, 0.4) is 0 Å². The van der Waals surface area contributed by atoms with Gasteiger partial charge in [-0.1, -0.05) is 0 Å². The highest BCUT2D eigenvalue weighted by Gasteiger charge is 2.45. The zero-order chi connectivity index (χ0) is 11.0. The van der Waals surface area contributed by atoms with Gasteiger partial charge in [-0.25, -0.2) is 10.7 Å². The van der Waals surface area contributed by atoms with Crippen LogP contribution in [0.25, 0.3) is 0 Å². The number of thioether (sulfide) groups is 1. The molecule has 0 aliphatic carbocycles. The van der Waals surface area contributed by atoms with Crippen molar-refractivity contribution in [2.45, 2.75) is 11.8 Å². The lowest BCUT2D eigenvalue weighted by atomic mass is 10.1. The maximum absolute atomic E-state index is 11.3. The van der Waals surface area contributed by atoms with Crippen molar-refractivity contribution in [1.82, 2.24) is 4.90 Å². The van der Waals surface area contributed by atoms with Crippen molar-refractivity contribution in [3.8, 4) is 0 Å². The molecule has 1 fully saturated rings. The van der Waals surface area contributed by atoms with Crippen molar-refractivity contribution < 1.29 is 19.5 Å². The number of carboxylic acid groups (broad SMARTS) is 1. The van der Waals surface area contributed by atoms with E-state index < -0.39 is 5.97 Å². The molecule has 2 rings (SSSR count). The van der Waals surface area contributed by atoms with E-state index in [4.69, 9.17) is 11.0 Å². The van der Waals surface area contributed by atoms with E-state index in [0.29, 0.717) is 17.7 Å². The third-order valence-corrected chi connectivity index (χ3v) is 3.67. The quantitative estimate of drug-likeness (QED) is 0.502. The largest absolute Gasteiger partial charge is 0.477 e. The Kier molecular flexibility index (Phi) is 2.68. The normalized spacial score (nSPS) is 25.0. The molecule has 1 atom stereocenters. The molecule has 0 aromatic heterocycles. The lowest BCUT2D eigenvalue weighted by Crippen LogP contribution is -2.54. The molecule has 2 aliphatic heterocycles. The van der Waals surface area contributed by atoms with Crippen LogP contribution in [0, 0.1) is 0 Å². The summed E-state index contributed by atoms with van der Waals surface area (Å²) in [4.78, 5) is 28.0. The van der Waals surface area contributed by atoms with Gasteiger partial charge in [0.15, 0.2) is 0 Å². The molecule has 15 heavy (non-hydrogen) atoms. The molecule has 82 valence electrons. The fourth-order valence-electron chi connectivity index (χ4n) is 1.69. The van der Waals surface area contributed by atoms with Crippen LogP contribution in [0.1, 0.15) is 6.42 Å². The summed E-state index contributed by atoms with van der Waals surface area (Å²) in [5, 5.41) is 8.99. The molecular weight excluding hydrogens is 220 g/mol. The van der Waals surface area contributed by atoms with Gasteiger partial charge in [-0.05, 0) is 5.57 Å². The Morgan fingerprint density at radius 1 is 1.73 bits per heavy atom. The molecular formula is C8H10N2O4S. The minimum atomic E-state index is -1.10. The van der Waals surface area contributed by atoms with Crippen molar-refractivity contribution in [3.63, 3.8) is 0 Å². The van der Waals surface area contributed by atoms with Crippen LogP contribution < -0.4 is 5.90 Å². The summed E-state index contributed by atoms with van der Waals surface area (Å²) in [7, 11) is 0. The minimum Gasteiger partial charge on any atom is -0.477 e. The van der Waals surface area contributed by atoms with Crippen LogP contribution in [0.4, 0.5) is 0 Å². The van der Waals surface area contributed by atoms with E-state index in [1.165, 1.54) is 16.7 Å². The first kappa shape index (κ1) is 10.5. The van der Waals surface area contributed by atoms with Gasteiger partial charge >= 0.3 is 5.97 Å². The minimum absolute atomic E-state index is 0.0230. The molecule has 1 unspecified atom stereocenters. The molecule has 3 N–H and O–H groups in total. The molecule has 2 heterocycles. The van der Waals surface area contributed by atoms with Crippen molar-refractivity contribution >= 4 is 23.6 Å². The molecule has 0 radical (unpaired) electrons. The van der Waals surface area contributed by atoms with Gasteiger partial charge < -0.3 is 9.94 Å². The molecule has 0 aromatic carbocycles. The van der Waals surface area contributed by atoms with E-state index in [1.807, 2.05) is 0 Å². The summed E-state index contributed by atoms with van der Waals surface area (Å²) in [5.41, 5.74) is 0.597. The van der Waals surface area contributed by atoms with Crippen LogP contribution in [-0.4, -0.2) is 39.6 Å². The summed E-state index contributed by atoms with van der Waals surface area (Å²) in [5.74, 6) is 4.21. The second-order valence-electron chi connectivity index (χ2n) is 3.30. The number of aliphatic carboxylic acids is 1. The summed E-state index contributed by atoms with van der Waals surface area (Å²) in [6, 6.07) is 0. The number of carboxylic acids is 1. The van der Waals surface area contributed by atoms with E-state index in [2.05, 4.69) is 4.84 Å². The van der Waals surface area contributed by atoms with E-state index in [0.717, 1.165) is 0 Å². The molecule has 2 aliphatic rings. The van der Waals surface area contributed by atoms with Crippen LogP contribution in [0.15, 0.2) is 11.3 Å². The summed E-state index contributed by atoms with van der Waals surface area (Å²) < 4.78 is 0. The third-order valence-electron chi connectivity index (χ3n) is 2.39. The highest BCUT2D eigenvalue weighted by Crippen LogP contribution is 2.39. The maximum Gasteiger partial charge on any atom is 0.352 e. The number of fused-ring (bicyclic) bond motifs is 1. The average Bonchev–Trinajstić information content (AvgIpc) is 2.18. The van der Waals surface area contributed by atoms with Crippen molar-refractivity contribution in [2.75, 3.05) is 12.4 Å². The number of nitrogens with two attached hydrogens (primary N) is 1. The third kappa shape index (κ3) is 1.62. The highest BCUT2D eigenvalue weighted by atomic mass is 32.2. The van der Waals surface area contributed by atoms with E-state index in [1.54, 1.807) is 0 Å². The predicted molar refractivity (Wildman–Crippen MR) is 52.5 cm³/mol. The first-order chi connectivity index (χ1) is 7.15.